The summed E-state index contributed by atoms with van der Waals surface area (Å²) in [4.78, 5) is 23.7. The number of cyclic esters (lactones) is 1. The largest absolute Gasteiger partial charge is 0.463 e. The Labute approximate surface area is 115 Å². The minimum absolute atomic E-state index is 0.0349. The van der Waals surface area contributed by atoms with E-state index in [1.807, 2.05) is 20.8 Å². The van der Waals surface area contributed by atoms with Crippen molar-refractivity contribution in [1.29, 1.82) is 0 Å². The van der Waals surface area contributed by atoms with E-state index in [0.29, 0.717) is 13.0 Å². The topological polar surface area (TPSA) is 52.6 Å². The first kappa shape index (κ1) is 16.0. The second-order valence-electron chi connectivity index (χ2n) is 7.57. The summed E-state index contributed by atoms with van der Waals surface area (Å²) >= 11 is 0. The summed E-state index contributed by atoms with van der Waals surface area (Å²) in [5, 5.41) is 0. The van der Waals surface area contributed by atoms with E-state index in [1.165, 1.54) is 0 Å². The van der Waals surface area contributed by atoms with Crippen LogP contribution in [0.4, 0.5) is 0 Å². The van der Waals surface area contributed by atoms with Crippen LogP contribution in [0.15, 0.2) is 0 Å². The molecule has 0 saturated carbocycles. The summed E-state index contributed by atoms with van der Waals surface area (Å²) < 4.78 is 10.2. The quantitative estimate of drug-likeness (QED) is 0.740. The highest BCUT2D eigenvalue weighted by atomic mass is 16.6. The van der Waals surface area contributed by atoms with E-state index in [0.717, 1.165) is 6.42 Å². The van der Waals surface area contributed by atoms with Gasteiger partial charge in [-0.25, -0.2) is 4.79 Å². The van der Waals surface area contributed by atoms with Gasteiger partial charge in [0.2, 0.25) is 6.10 Å². The van der Waals surface area contributed by atoms with Gasteiger partial charge in [0.1, 0.15) is 0 Å². The molecule has 0 N–H and O–H groups in total. The molecule has 2 unspecified atom stereocenters. The van der Waals surface area contributed by atoms with Crippen molar-refractivity contribution in [3.8, 4) is 0 Å². The maximum absolute atomic E-state index is 12.3. The average molecular weight is 270 g/mol. The van der Waals surface area contributed by atoms with Gasteiger partial charge in [-0.05, 0) is 17.3 Å². The third kappa shape index (κ3) is 4.84. The zero-order valence-electron chi connectivity index (χ0n) is 12.9. The lowest BCUT2D eigenvalue weighted by molar-refractivity contribution is -0.167. The van der Waals surface area contributed by atoms with Gasteiger partial charge in [0.25, 0.3) is 0 Å². The lowest BCUT2D eigenvalue weighted by Crippen LogP contribution is -2.36. The van der Waals surface area contributed by atoms with Crippen molar-refractivity contribution in [3.05, 3.63) is 0 Å². The fourth-order valence-corrected chi connectivity index (χ4v) is 2.16. The molecule has 0 aromatic rings. The Balaban J connectivity index is 2.75. The second kappa shape index (κ2) is 5.51. The number of esters is 2. The predicted molar refractivity (Wildman–Crippen MR) is 72.5 cm³/mol. The number of carbonyl (C=O) groups excluding carboxylic acids is 2. The number of hydrogen-bond donors (Lipinski definition) is 0. The third-order valence-corrected chi connectivity index (χ3v) is 3.29. The molecule has 19 heavy (non-hydrogen) atoms. The molecule has 0 spiro atoms. The summed E-state index contributed by atoms with van der Waals surface area (Å²) in [6.45, 7) is 12.7. The molecule has 4 nitrogen and oxygen atoms in total. The van der Waals surface area contributed by atoms with Gasteiger partial charge < -0.3 is 9.47 Å². The summed E-state index contributed by atoms with van der Waals surface area (Å²) in [6.07, 6.45) is 0.492. The van der Waals surface area contributed by atoms with Crippen LogP contribution in [0, 0.1) is 16.7 Å². The zero-order valence-corrected chi connectivity index (χ0v) is 12.9. The van der Waals surface area contributed by atoms with E-state index in [9.17, 15) is 9.59 Å². The third-order valence-electron chi connectivity index (χ3n) is 3.29. The maximum Gasteiger partial charge on any atom is 0.347 e. The van der Waals surface area contributed by atoms with Crippen LogP contribution in [0.25, 0.3) is 0 Å². The molecule has 1 aliphatic rings. The standard InChI is InChI=1S/C15H26O4/c1-14(2,3)9-10(15(4,5)6)12(16)19-11-7-8-18-13(11)17/h10-11H,7-9H2,1-6H3. The van der Waals surface area contributed by atoms with Crippen LogP contribution in [-0.2, 0) is 19.1 Å². The summed E-state index contributed by atoms with van der Waals surface area (Å²) in [5.74, 6) is -0.927. The Morgan fingerprint density at radius 2 is 1.89 bits per heavy atom. The fraction of sp³-hybridized carbons (Fsp3) is 0.867. The first-order valence-electron chi connectivity index (χ1n) is 6.88. The van der Waals surface area contributed by atoms with Gasteiger partial charge in [-0.15, -0.1) is 0 Å². The van der Waals surface area contributed by atoms with Crippen molar-refractivity contribution in [3.63, 3.8) is 0 Å². The highest BCUT2D eigenvalue weighted by molar-refractivity contribution is 5.81. The van der Waals surface area contributed by atoms with Gasteiger partial charge in [0.15, 0.2) is 0 Å². The highest BCUT2D eigenvalue weighted by Crippen LogP contribution is 2.37. The molecule has 1 fully saturated rings. The van der Waals surface area contributed by atoms with Gasteiger partial charge >= 0.3 is 11.9 Å². The molecular weight excluding hydrogens is 244 g/mol. The van der Waals surface area contributed by atoms with Crippen LogP contribution in [0.2, 0.25) is 0 Å². The molecule has 0 radical (unpaired) electrons. The Bertz CT molecular complexity index is 346. The average Bonchev–Trinajstić information content (AvgIpc) is 2.58. The Morgan fingerprint density at radius 1 is 1.32 bits per heavy atom. The summed E-state index contributed by atoms with van der Waals surface area (Å²) in [5.41, 5.74) is -0.153. The molecule has 1 saturated heterocycles. The second-order valence-corrected chi connectivity index (χ2v) is 7.57. The van der Waals surface area contributed by atoms with E-state index < -0.39 is 12.1 Å². The molecule has 0 aliphatic carbocycles. The molecule has 1 heterocycles. The van der Waals surface area contributed by atoms with Gasteiger partial charge in [0, 0.05) is 6.42 Å². The molecule has 0 aromatic carbocycles. The number of rotatable bonds is 3. The van der Waals surface area contributed by atoms with Crippen LogP contribution >= 0.6 is 0 Å². The van der Waals surface area contributed by atoms with Gasteiger partial charge in [-0.3, -0.25) is 4.79 Å². The molecular formula is C15H26O4. The van der Waals surface area contributed by atoms with Crippen molar-refractivity contribution in [2.75, 3.05) is 6.61 Å². The highest BCUT2D eigenvalue weighted by Gasteiger charge is 2.39. The molecule has 2 atom stereocenters. The molecule has 0 amide bonds. The van der Waals surface area contributed by atoms with Gasteiger partial charge in [-0.2, -0.15) is 0 Å². The Morgan fingerprint density at radius 3 is 2.26 bits per heavy atom. The first-order chi connectivity index (χ1) is 8.50. The van der Waals surface area contributed by atoms with Crippen LogP contribution in [0.1, 0.15) is 54.4 Å². The first-order valence-corrected chi connectivity index (χ1v) is 6.88. The van der Waals surface area contributed by atoms with Crippen molar-refractivity contribution in [2.45, 2.75) is 60.5 Å². The van der Waals surface area contributed by atoms with Crippen molar-refractivity contribution in [1.82, 2.24) is 0 Å². The summed E-state index contributed by atoms with van der Waals surface area (Å²) in [7, 11) is 0. The zero-order chi connectivity index (χ0) is 14.8. The molecule has 110 valence electrons. The van der Waals surface area contributed by atoms with E-state index in [2.05, 4.69) is 20.8 Å². The molecule has 4 heteroatoms. The van der Waals surface area contributed by atoms with Crippen molar-refractivity contribution >= 4 is 11.9 Å². The van der Waals surface area contributed by atoms with Crippen LogP contribution in [0.5, 0.6) is 0 Å². The number of hydrogen-bond acceptors (Lipinski definition) is 4. The molecule has 1 rings (SSSR count). The van der Waals surface area contributed by atoms with Crippen LogP contribution in [-0.4, -0.2) is 24.6 Å². The van der Waals surface area contributed by atoms with Crippen LogP contribution in [0.3, 0.4) is 0 Å². The minimum atomic E-state index is -0.711. The molecule has 0 bridgehead atoms. The lowest BCUT2D eigenvalue weighted by Gasteiger charge is -2.34. The maximum atomic E-state index is 12.3. The number of carbonyl (C=O) groups is 2. The lowest BCUT2D eigenvalue weighted by atomic mass is 9.72. The smallest absolute Gasteiger partial charge is 0.347 e. The van der Waals surface area contributed by atoms with E-state index in [1.54, 1.807) is 0 Å². The predicted octanol–water partition coefficient (Wildman–Crippen LogP) is 2.94. The van der Waals surface area contributed by atoms with E-state index >= 15 is 0 Å². The molecule has 1 aliphatic heterocycles. The van der Waals surface area contributed by atoms with Crippen molar-refractivity contribution < 1.29 is 19.1 Å². The normalized spacial score (nSPS) is 22.0. The van der Waals surface area contributed by atoms with E-state index in [-0.39, 0.29) is 22.7 Å². The fourth-order valence-electron chi connectivity index (χ4n) is 2.16. The van der Waals surface area contributed by atoms with Gasteiger partial charge in [0.05, 0.1) is 12.5 Å². The minimum Gasteiger partial charge on any atom is -0.463 e. The monoisotopic (exact) mass is 270 g/mol. The van der Waals surface area contributed by atoms with E-state index in [4.69, 9.17) is 9.47 Å². The Kier molecular flexibility index (Phi) is 4.64. The molecule has 0 aromatic heterocycles. The SMILES string of the molecule is CC(C)(C)CC(C(=O)OC1CCOC1=O)C(C)(C)C. The number of ether oxygens (including phenoxy) is 2. The van der Waals surface area contributed by atoms with Crippen LogP contribution < -0.4 is 0 Å². The Hall–Kier alpha value is -1.06. The van der Waals surface area contributed by atoms with Gasteiger partial charge in [-0.1, -0.05) is 41.5 Å². The van der Waals surface area contributed by atoms with Crippen molar-refractivity contribution in [2.24, 2.45) is 16.7 Å². The summed E-state index contributed by atoms with van der Waals surface area (Å²) in [6, 6.07) is 0.